The highest BCUT2D eigenvalue weighted by molar-refractivity contribution is 6.01. The van der Waals surface area contributed by atoms with E-state index in [1.54, 1.807) is 18.2 Å². The molecule has 0 radical (unpaired) electrons. The number of hydrogen-bond acceptors (Lipinski definition) is 3. The van der Waals surface area contributed by atoms with E-state index < -0.39 is 11.7 Å². The Morgan fingerprint density at radius 3 is 2.34 bits per heavy atom. The van der Waals surface area contributed by atoms with Crippen LogP contribution in [0.15, 0.2) is 72.8 Å². The predicted octanol–water partition coefficient (Wildman–Crippen LogP) is 4.77. The second-order valence-corrected chi connectivity index (χ2v) is 6.48. The molecule has 0 unspecified atom stereocenters. The van der Waals surface area contributed by atoms with Gasteiger partial charge in [-0.05, 0) is 61.5 Å². The number of aromatic nitrogens is 3. The van der Waals surface area contributed by atoms with Gasteiger partial charge in [-0.3, -0.25) is 4.79 Å². The van der Waals surface area contributed by atoms with Crippen LogP contribution in [0.3, 0.4) is 0 Å². The summed E-state index contributed by atoms with van der Waals surface area (Å²) in [5, 5.41) is 6.92. The SMILES string of the molecule is Cc1ccc(-n2nc(C(=O)Nc3cccc(F)c3)nc2-c2ccc(F)cc2)cc1. The molecule has 0 aliphatic heterocycles. The van der Waals surface area contributed by atoms with Gasteiger partial charge in [0.25, 0.3) is 5.91 Å². The average Bonchev–Trinajstić information content (AvgIpc) is 3.15. The number of hydrogen-bond donors (Lipinski definition) is 1. The normalized spacial score (nSPS) is 10.7. The van der Waals surface area contributed by atoms with Gasteiger partial charge in [-0.2, -0.15) is 0 Å². The number of carbonyl (C=O) groups excluding carboxylic acids is 1. The fourth-order valence-electron chi connectivity index (χ4n) is 2.81. The Balaban J connectivity index is 1.75. The molecule has 1 aromatic heterocycles. The van der Waals surface area contributed by atoms with Gasteiger partial charge < -0.3 is 5.32 Å². The van der Waals surface area contributed by atoms with Crippen molar-refractivity contribution >= 4 is 11.6 Å². The summed E-state index contributed by atoms with van der Waals surface area (Å²) in [6, 6.07) is 18.9. The second-order valence-electron chi connectivity index (χ2n) is 6.48. The summed E-state index contributed by atoms with van der Waals surface area (Å²) in [6.07, 6.45) is 0. The van der Waals surface area contributed by atoms with E-state index in [9.17, 15) is 13.6 Å². The molecule has 4 aromatic rings. The molecule has 4 rings (SSSR count). The number of halogens is 2. The highest BCUT2D eigenvalue weighted by atomic mass is 19.1. The number of anilines is 1. The van der Waals surface area contributed by atoms with Crippen LogP contribution in [-0.2, 0) is 0 Å². The Bertz CT molecular complexity index is 1110. The Morgan fingerprint density at radius 2 is 1.66 bits per heavy atom. The molecule has 3 aromatic carbocycles. The van der Waals surface area contributed by atoms with Crippen LogP contribution in [0.25, 0.3) is 17.1 Å². The van der Waals surface area contributed by atoms with Gasteiger partial charge in [0, 0.05) is 11.3 Å². The highest BCUT2D eigenvalue weighted by Crippen LogP contribution is 2.22. The van der Waals surface area contributed by atoms with Crippen LogP contribution in [0, 0.1) is 18.6 Å². The van der Waals surface area contributed by atoms with Gasteiger partial charge >= 0.3 is 0 Å². The van der Waals surface area contributed by atoms with E-state index in [0.717, 1.165) is 5.56 Å². The summed E-state index contributed by atoms with van der Waals surface area (Å²) in [6.45, 7) is 1.96. The number of nitrogens with one attached hydrogen (secondary N) is 1. The van der Waals surface area contributed by atoms with E-state index in [-0.39, 0.29) is 11.6 Å². The Morgan fingerprint density at radius 1 is 0.931 bits per heavy atom. The lowest BCUT2D eigenvalue weighted by Crippen LogP contribution is -2.14. The minimum Gasteiger partial charge on any atom is -0.319 e. The number of carbonyl (C=O) groups is 1. The van der Waals surface area contributed by atoms with Crippen molar-refractivity contribution in [2.45, 2.75) is 6.92 Å². The first-order valence-electron chi connectivity index (χ1n) is 8.86. The molecule has 0 atom stereocenters. The molecule has 1 N–H and O–H groups in total. The van der Waals surface area contributed by atoms with Gasteiger partial charge in [0.1, 0.15) is 11.6 Å². The zero-order valence-corrected chi connectivity index (χ0v) is 15.4. The molecular formula is C22H16F2N4O. The zero-order valence-electron chi connectivity index (χ0n) is 15.4. The van der Waals surface area contributed by atoms with Crippen LogP contribution in [0.1, 0.15) is 16.2 Å². The van der Waals surface area contributed by atoms with Crippen molar-refractivity contribution < 1.29 is 13.6 Å². The lowest BCUT2D eigenvalue weighted by molar-refractivity contribution is 0.101. The molecule has 0 fully saturated rings. The molecule has 0 saturated heterocycles. The number of nitrogens with zero attached hydrogens (tertiary/aromatic N) is 3. The van der Waals surface area contributed by atoms with Crippen molar-refractivity contribution in [3.05, 3.63) is 95.8 Å². The number of rotatable bonds is 4. The molecule has 0 aliphatic rings. The third-order valence-corrected chi connectivity index (χ3v) is 4.27. The van der Waals surface area contributed by atoms with Crippen molar-refractivity contribution in [2.24, 2.45) is 0 Å². The van der Waals surface area contributed by atoms with Gasteiger partial charge in [-0.15, -0.1) is 5.10 Å². The summed E-state index contributed by atoms with van der Waals surface area (Å²) in [5.74, 6) is -1.12. The maximum absolute atomic E-state index is 13.4. The van der Waals surface area contributed by atoms with Gasteiger partial charge in [-0.1, -0.05) is 23.8 Å². The Labute approximate surface area is 165 Å². The maximum atomic E-state index is 13.4. The van der Waals surface area contributed by atoms with Crippen molar-refractivity contribution in [1.29, 1.82) is 0 Å². The number of aryl methyl sites for hydroxylation is 1. The van der Waals surface area contributed by atoms with Crippen LogP contribution in [0.4, 0.5) is 14.5 Å². The molecule has 0 aliphatic carbocycles. The van der Waals surface area contributed by atoms with Gasteiger partial charge in [0.05, 0.1) is 5.69 Å². The largest absolute Gasteiger partial charge is 0.319 e. The third-order valence-electron chi connectivity index (χ3n) is 4.27. The van der Waals surface area contributed by atoms with E-state index in [0.29, 0.717) is 22.8 Å². The summed E-state index contributed by atoms with van der Waals surface area (Å²) >= 11 is 0. The smallest absolute Gasteiger partial charge is 0.295 e. The van der Waals surface area contributed by atoms with Crippen molar-refractivity contribution in [1.82, 2.24) is 14.8 Å². The third kappa shape index (κ3) is 4.03. The molecule has 144 valence electrons. The first-order valence-corrected chi connectivity index (χ1v) is 8.86. The minimum absolute atomic E-state index is 0.0887. The molecule has 1 amide bonds. The fourth-order valence-corrected chi connectivity index (χ4v) is 2.81. The summed E-state index contributed by atoms with van der Waals surface area (Å²) in [4.78, 5) is 17.0. The number of amides is 1. The molecule has 7 heteroatoms. The van der Waals surface area contributed by atoms with E-state index in [4.69, 9.17) is 0 Å². The Kier molecular flexibility index (Phi) is 4.87. The van der Waals surface area contributed by atoms with E-state index >= 15 is 0 Å². The van der Waals surface area contributed by atoms with E-state index in [1.165, 1.54) is 35.0 Å². The summed E-state index contributed by atoms with van der Waals surface area (Å²) < 4.78 is 28.2. The molecule has 1 heterocycles. The molecule has 29 heavy (non-hydrogen) atoms. The minimum atomic E-state index is -0.579. The molecule has 5 nitrogen and oxygen atoms in total. The van der Waals surface area contributed by atoms with Crippen LogP contribution >= 0.6 is 0 Å². The number of benzene rings is 3. The fraction of sp³-hybridized carbons (Fsp3) is 0.0455. The molecular weight excluding hydrogens is 374 g/mol. The first-order chi connectivity index (χ1) is 14.0. The summed E-state index contributed by atoms with van der Waals surface area (Å²) in [7, 11) is 0. The molecule has 0 bridgehead atoms. The van der Waals surface area contributed by atoms with Crippen LogP contribution in [0.5, 0.6) is 0 Å². The standard InChI is InChI=1S/C22H16F2N4O/c1-14-5-11-19(12-6-14)28-21(15-7-9-16(23)10-8-15)26-20(27-28)22(29)25-18-4-2-3-17(24)13-18/h2-13H,1H3,(H,25,29). The van der Waals surface area contributed by atoms with Crippen LogP contribution in [0.2, 0.25) is 0 Å². The first kappa shape index (κ1) is 18.5. The molecule has 0 saturated carbocycles. The van der Waals surface area contributed by atoms with Gasteiger partial charge in [-0.25, -0.2) is 18.4 Å². The van der Waals surface area contributed by atoms with Gasteiger partial charge in [0.15, 0.2) is 5.82 Å². The van der Waals surface area contributed by atoms with Crippen molar-refractivity contribution in [3.63, 3.8) is 0 Å². The quantitative estimate of drug-likeness (QED) is 0.546. The Hall–Kier alpha value is -3.87. The lowest BCUT2D eigenvalue weighted by Gasteiger charge is -2.06. The zero-order chi connectivity index (χ0) is 20.4. The predicted molar refractivity (Wildman–Crippen MR) is 106 cm³/mol. The lowest BCUT2D eigenvalue weighted by atomic mass is 10.2. The monoisotopic (exact) mass is 390 g/mol. The van der Waals surface area contributed by atoms with E-state index in [1.807, 2.05) is 31.2 Å². The second kappa shape index (κ2) is 7.63. The topological polar surface area (TPSA) is 59.8 Å². The summed E-state index contributed by atoms with van der Waals surface area (Å²) in [5.41, 5.74) is 2.67. The maximum Gasteiger partial charge on any atom is 0.295 e. The van der Waals surface area contributed by atoms with Crippen LogP contribution < -0.4 is 5.32 Å². The average molecular weight is 390 g/mol. The highest BCUT2D eigenvalue weighted by Gasteiger charge is 2.19. The van der Waals surface area contributed by atoms with Crippen molar-refractivity contribution in [3.8, 4) is 17.1 Å². The molecule has 0 spiro atoms. The van der Waals surface area contributed by atoms with Gasteiger partial charge in [0.2, 0.25) is 5.82 Å². The van der Waals surface area contributed by atoms with Crippen molar-refractivity contribution in [2.75, 3.05) is 5.32 Å². The van der Waals surface area contributed by atoms with E-state index in [2.05, 4.69) is 15.4 Å². The van der Waals surface area contributed by atoms with Crippen LogP contribution in [-0.4, -0.2) is 20.7 Å².